The normalized spacial score (nSPS) is 11.4. The minimum absolute atomic E-state index is 0.0649. The molecular formula is C17H12BrClN2O3S. The van der Waals surface area contributed by atoms with E-state index in [1.165, 1.54) is 12.3 Å². The number of aromatic nitrogens is 1. The van der Waals surface area contributed by atoms with E-state index in [0.29, 0.717) is 10.9 Å². The molecule has 8 heteroatoms. The summed E-state index contributed by atoms with van der Waals surface area (Å²) < 4.78 is 28.1. The van der Waals surface area contributed by atoms with Crippen LogP contribution in [0.2, 0.25) is 5.02 Å². The molecule has 0 spiro atoms. The van der Waals surface area contributed by atoms with Crippen molar-refractivity contribution in [1.29, 1.82) is 0 Å². The lowest BCUT2D eigenvalue weighted by molar-refractivity contribution is -0.118. The van der Waals surface area contributed by atoms with Crippen LogP contribution < -0.4 is 4.72 Å². The Bertz CT molecular complexity index is 1070. The SMILES string of the molecule is O=C(Cc1cccc(Br)c1)NS(=O)(=O)c1cc(Cl)cc2cccnc12. The summed E-state index contributed by atoms with van der Waals surface area (Å²) >= 11 is 9.32. The number of carbonyl (C=O) groups is 1. The quantitative estimate of drug-likeness (QED) is 0.672. The van der Waals surface area contributed by atoms with Gasteiger partial charge >= 0.3 is 0 Å². The predicted octanol–water partition coefficient (Wildman–Crippen LogP) is 3.70. The van der Waals surface area contributed by atoms with Gasteiger partial charge in [-0.2, -0.15) is 0 Å². The Hall–Kier alpha value is -1.96. The van der Waals surface area contributed by atoms with Crippen LogP contribution in [-0.4, -0.2) is 19.3 Å². The molecule has 1 aromatic heterocycles. The van der Waals surface area contributed by atoms with Gasteiger partial charge in [-0.1, -0.05) is 45.7 Å². The minimum Gasteiger partial charge on any atom is -0.274 e. The number of halogens is 2. The highest BCUT2D eigenvalue weighted by Crippen LogP contribution is 2.25. The van der Waals surface area contributed by atoms with E-state index in [1.54, 1.807) is 36.4 Å². The molecule has 0 aliphatic carbocycles. The lowest BCUT2D eigenvalue weighted by Crippen LogP contribution is -2.32. The summed E-state index contributed by atoms with van der Waals surface area (Å²) in [5.74, 6) is -0.637. The Morgan fingerprint density at radius 3 is 2.72 bits per heavy atom. The first-order valence-corrected chi connectivity index (χ1v) is 9.85. The number of benzene rings is 2. The van der Waals surface area contributed by atoms with E-state index in [1.807, 2.05) is 6.07 Å². The number of carbonyl (C=O) groups excluding carboxylic acids is 1. The summed E-state index contributed by atoms with van der Waals surface area (Å²) in [6, 6.07) is 13.4. The van der Waals surface area contributed by atoms with Crippen LogP contribution in [0.5, 0.6) is 0 Å². The Kier molecular flexibility index (Phi) is 5.08. The van der Waals surface area contributed by atoms with Gasteiger partial charge in [0.15, 0.2) is 0 Å². The third kappa shape index (κ3) is 4.18. The first-order chi connectivity index (χ1) is 11.8. The number of fused-ring (bicyclic) bond motifs is 1. The highest BCUT2D eigenvalue weighted by atomic mass is 79.9. The maximum Gasteiger partial charge on any atom is 0.266 e. The summed E-state index contributed by atoms with van der Waals surface area (Å²) in [4.78, 5) is 16.1. The molecule has 0 radical (unpaired) electrons. The molecular weight excluding hydrogens is 428 g/mol. The van der Waals surface area contributed by atoms with Crippen molar-refractivity contribution < 1.29 is 13.2 Å². The van der Waals surface area contributed by atoms with Crippen molar-refractivity contribution in [3.05, 3.63) is 69.8 Å². The van der Waals surface area contributed by atoms with Gasteiger partial charge in [-0.25, -0.2) is 13.1 Å². The fraction of sp³-hybridized carbons (Fsp3) is 0.0588. The summed E-state index contributed by atoms with van der Waals surface area (Å²) in [7, 11) is -4.10. The van der Waals surface area contributed by atoms with Gasteiger partial charge in [0.25, 0.3) is 10.0 Å². The molecule has 0 bridgehead atoms. The van der Waals surface area contributed by atoms with Gasteiger partial charge in [0, 0.05) is 21.1 Å². The Balaban J connectivity index is 1.91. The molecule has 0 aliphatic heterocycles. The first-order valence-electron chi connectivity index (χ1n) is 7.19. The van der Waals surface area contributed by atoms with E-state index >= 15 is 0 Å². The summed E-state index contributed by atoms with van der Waals surface area (Å²) in [5, 5.41) is 0.829. The van der Waals surface area contributed by atoms with Gasteiger partial charge in [-0.15, -0.1) is 0 Å². The van der Waals surface area contributed by atoms with E-state index in [9.17, 15) is 13.2 Å². The number of hydrogen-bond acceptors (Lipinski definition) is 4. The second-order valence-electron chi connectivity index (χ2n) is 5.31. The maximum atomic E-state index is 12.6. The molecule has 0 aliphatic rings. The standard InChI is InChI=1S/C17H12BrClN2O3S/c18-13-5-1-3-11(7-13)8-16(22)21-25(23,24)15-10-14(19)9-12-4-2-6-20-17(12)15/h1-7,9-10H,8H2,(H,21,22). The van der Waals surface area contributed by atoms with Crippen LogP contribution in [0.15, 0.2) is 64.1 Å². The van der Waals surface area contributed by atoms with E-state index in [-0.39, 0.29) is 21.9 Å². The maximum absolute atomic E-state index is 12.6. The molecule has 1 amide bonds. The van der Waals surface area contributed by atoms with Gasteiger partial charge in [0.1, 0.15) is 4.90 Å². The molecule has 0 saturated heterocycles. The van der Waals surface area contributed by atoms with Gasteiger partial charge in [0.2, 0.25) is 5.91 Å². The van der Waals surface area contributed by atoms with E-state index in [0.717, 1.165) is 4.47 Å². The largest absolute Gasteiger partial charge is 0.274 e. The summed E-state index contributed by atoms with van der Waals surface area (Å²) in [5.41, 5.74) is 0.950. The van der Waals surface area contributed by atoms with Gasteiger partial charge < -0.3 is 0 Å². The molecule has 1 N–H and O–H groups in total. The molecule has 25 heavy (non-hydrogen) atoms. The zero-order chi connectivity index (χ0) is 18.0. The van der Waals surface area contributed by atoms with Crippen LogP contribution in [0.4, 0.5) is 0 Å². The second kappa shape index (κ2) is 7.11. The highest BCUT2D eigenvalue weighted by molar-refractivity contribution is 9.10. The van der Waals surface area contributed by atoms with Crippen molar-refractivity contribution in [1.82, 2.24) is 9.71 Å². The lowest BCUT2D eigenvalue weighted by atomic mass is 10.1. The molecule has 3 rings (SSSR count). The summed E-state index contributed by atoms with van der Waals surface area (Å²) in [6.07, 6.45) is 1.42. The number of pyridine rings is 1. The molecule has 5 nitrogen and oxygen atoms in total. The molecule has 3 aromatic rings. The van der Waals surface area contributed by atoms with Crippen LogP contribution in [0, 0.1) is 0 Å². The second-order valence-corrected chi connectivity index (χ2v) is 8.32. The molecule has 2 aromatic carbocycles. The average molecular weight is 440 g/mol. The van der Waals surface area contributed by atoms with Gasteiger partial charge in [-0.05, 0) is 35.9 Å². The average Bonchev–Trinajstić information content (AvgIpc) is 2.53. The van der Waals surface area contributed by atoms with E-state index in [2.05, 4.69) is 25.6 Å². The molecule has 0 fully saturated rings. The Morgan fingerprint density at radius 1 is 1.16 bits per heavy atom. The van der Waals surface area contributed by atoms with Crippen LogP contribution in [0.25, 0.3) is 10.9 Å². The molecule has 0 saturated carbocycles. The van der Waals surface area contributed by atoms with E-state index in [4.69, 9.17) is 11.6 Å². The highest BCUT2D eigenvalue weighted by Gasteiger charge is 2.22. The smallest absolute Gasteiger partial charge is 0.266 e. The van der Waals surface area contributed by atoms with Crippen molar-refractivity contribution in [3.63, 3.8) is 0 Å². The van der Waals surface area contributed by atoms with Crippen molar-refractivity contribution in [2.24, 2.45) is 0 Å². The number of amides is 1. The lowest BCUT2D eigenvalue weighted by Gasteiger charge is -2.10. The number of nitrogens with one attached hydrogen (secondary N) is 1. The fourth-order valence-corrected chi connectivity index (χ4v) is 4.33. The minimum atomic E-state index is -4.10. The topological polar surface area (TPSA) is 76.1 Å². The fourth-order valence-electron chi connectivity index (χ4n) is 2.40. The van der Waals surface area contributed by atoms with Crippen molar-refractivity contribution >= 4 is 54.4 Å². The number of rotatable bonds is 4. The molecule has 128 valence electrons. The van der Waals surface area contributed by atoms with Crippen LogP contribution in [0.1, 0.15) is 5.56 Å². The van der Waals surface area contributed by atoms with Crippen LogP contribution in [-0.2, 0) is 21.2 Å². The van der Waals surface area contributed by atoms with Crippen molar-refractivity contribution in [3.8, 4) is 0 Å². The van der Waals surface area contributed by atoms with Crippen molar-refractivity contribution in [2.45, 2.75) is 11.3 Å². The van der Waals surface area contributed by atoms with Crippen LogP contribution in [0.3, 0.4) is 0 Å². The number of sulfonamides is 1. The summed E-state index contributed by atoms with van der Waals surface area (Å²) in [6.45, 7) is 0. The van der Waals surface area contributed by atoms with E-state index < -0.39 is 15.9 Å². The number of nitrogens with zero attached hydrogens (tertiary/aromatic N) is 1. The van der Waals surface area contributed by atoms with Crippen LogP contribution >= 0.6 is 27.5 Å². The molecule has 1 heterocycles. The zero-order valence-corrected chi connectivity index (χ0v) is 15.9. The molecule has 0 atom stereocenters. The molecule has 0 unspecified atom stereocenters. The van der Waals surface area contributed by atoms with Gasteiger partial charge in [0.05, 0.1) is 11.9 Å². The Morgan fingerprint density at radius 2 is 1.96 bits per heavy atom. The zero-order valence-electron chi connectivity index (χ0n) is 12.7. The number of hydrogen-bond donors (Lipinski definition) is 1. The third-order valence-corrected chi connectivity index (χ3v) is 5.52. The third-order valence-electron chi connectivity index (χ3n) is 3.43. The van der Waals surface area contributed by atoms with Gasteiger partial charge in [-0.3, -0.25) is 9.78 Å². The monoisotopic (exact) mass is 438 g/mol. The first kappa shape index (κ1) is 17.8. The van der Waals surface area contributed by atoms with Crippen molar-refractivity contribution in [2.75, 3.05) is 0 Å². The predicted molar refractivity (Wildman–Crippen MR) is 99.9 cm³/mol. The Labute approximate surface area is 158 Å².